The van der Waals surface area contributed by atoms with E-state index in [4.69, 9.17) is 0 Å². The highest BCUT2D eigenvalue weighted by Crippen LogP contribution is 2.11. The molecular formula is C25H41N3O2. The molecule has 1 aromatic rings. The normalized spacial score (nSPS) is 14.7. The maximum absolute atomic E-state index is 12.7. The van der Waals surface area contributed by atoms with E-state index in [1.54, 1.807) is 0 Å². The third kappa shape index (κ3) is 8.86. The fourth-order valence-electron chi connectivity index (χ4n) is 3.96. The molecular weight excluding hydrogens is 374 g/mol. The first-order valence-electron chi connectivity index (χ1n) is 12.0. The summed E-state index contributed by atoms with van der Waals surface area (Å²) in [6.45, 7) is 10.0. The van der Waals surface area contributed by atoms with E-state index < -0.39 is 0 Å². The summed E-state index contributed by atoms with van der Waals surface area (Å²) in [5, 5.41) is 0. The molecule has 0 aromatic heterocycles. The summed E-state index contributed by atoms with van der Waals surface area (Å²) >= 11 is 0. The molecule has 0 spiro atoms. The van der Waals surface area contributed by atoms with Gasteiger partial charge in [0.25, 0.3) is 0 Å². The summed E-state index contributed by atoms with van der Waals surface area (Å²) in [6, 6.07) is 10.5. The molecule has 1 aliphatic rings. The van der Waals surface area contributed by atoms with E-state index in [9.17, 15) is 9.59 Å². The molecule has 168 valence electrons. The van der Waals surface area contributed by atoms with E-state index in [-0.39, 0.29) is 11.8 Å². The van der Waals surface area contributed by atoms with Crippen molar-refractivity contribution in [3.63, 3.8) is 0 Å². The third-order valence-corrected chi connectivity index (χ3v) is 5.95. The lowest BCUT2D eigenvalue weighted by atomic mass is 10.1. The number of hydrogen-bond acceptors (Lipinski definition) is 3. The SMILES string of the molecule is CCCCCCC(=O)N(CCCC)CCC(=O)N1CCN(Cc2ccccc2)CC1. The molecule has 1 heterocycles. The smallest absolute Gasteiger partial charge is 0.224 e. The number of carbonyl (C=O) groups excluding carboxylic acids is 2. The van der Waals surface area contributed by atoms with Crippen molar-refractivity contribution in [1.29, 1.82) is 0 Å². The molecule has 1 fully saturated rings. The number of nitrogens with zero attached hydrogens (tertiary/aromatic N) is 3. The van der Waals surface area contributed by atoms with Gasteiger partial charge in [-0.3, -0.25) is 14.5 Å². The van der Waals surface area contributed by atoms with Gasteiger partial charge in [0, 0.05) is 58.7 Å². The quantitative estimate of drug-likeness (QED) is 0.451. The third-order valence-electron chi connectivity index (χ3n) is 5.95. The molecule has 1 aliphatic heterocycles. The molecule has 0 bridgehead atoms. The molecule has 5 nitrogen and oxygen atoms in total. The van der Waals surface area contributed by atoms with Crippen molar-refractivity contribution in [2.75, 3.05) is 39.3 Å². The lowest BCUT2D eigenvalue weighted by Gasteiger charge is -2.35. The zero-order chi connectivity index (χ0) is 21.6. The molecule has 1 saturated heterocycles. The molecule has 0 radical (unpaired) electrons. The first kappa shape index (κ1) is 24.4. The predicted octanol–water partition coefficient (Wildman–Crippen LogP) is 4.32. The highest BCUT2D eigenvalue weighted by atomic mass is 16.2. The predicted molar refractivity (Wildman–Crippen MR) is 123 cm³/mol. The molecule has 2 rings (SSSR count). The Labute approximate surface area is 183 Å². The van der Waals surface area contributed by atoms with Gasteiger partial charge in [0.05, 0.1) is 0 Å². The minimum absolute atomic E-state index is 0.189. The number of amides is 2. The average molecular weight is 416 g/mol. The van der Waals surface area contributed by atoms with E-state index in [0.717, 1.165) is 65.0 Å². The Balaban J connectivity index is 1.73. The Bertz CT molecular complexity index is 612. The van der Waals surface area contributed by atoms with Gasteiger partial charge in [-0.1, -0.05) is 69.9 Å². The Morgan fingerprint density at radius 3 is 2.20 bits per heavy atom. The first-order valence-corrected chi connectivity index (χ1v) is 12.0. The molecule has 0 aliphatic carbocycles. The number of carbonyl (C=O) groups is 2. The Morgan fingerprint density at radius 2 is 1.53 bits per heavy atom. The lowest BCUT2D eigenvalue weighted by Crippen LogP contribution is -2.49. The lowest BCUT2D eigenvalue weighted by molar-refractivity contribution is -0.135. The van der Waals surface area contributed by atoms with Gasteiger partial charge in [-0.25, -0.2) is 0 Å². The number of rotatable bonds is 13. The van der Waals surface area contributed by atoms with Gasteiger partial charge in [0.2, 0.25) is 11.8 Å². The zero-order valence-electron chi connectivity index (χ0n) is 19.2. The van der Waals surface area contributed by atoms with Crippen LogP contribution in [0, 0.1) is 0 Å². The van der Waals surface area contributed by atoms with Gasteiger partial charge >= 0.3 is 0 Å². The van der Waals surface area contributed by atoms with Crippen LogP contribution in [-0.2, 0) is 16.1 Å². The summed E-state index contributed by atoms with van der Waals surface area (Å²) in [5.41, 5.74) is 1.32. The van der Waals surface area contributed by atoms with Crippen LogP contribution in [0.4, 0.5) is 0 Å². The minimum atomic E-state index is 0.189. The second-order valence-electron chi connectivity index (χ2n) is 8.44. The summed E-state index contributed by atoms with van der Waals surface area (Å²) in [6.07, 6.45) is 7.60. The number of piperazine rings is 1. The fraction of sp³-hybridized carbons (Fsp3) is 0.680. The van der Waals surface area contributed by atoms with Crippen molar-refractivity contribution in [1.82, 2.24) is 14.7 Å². The van der Waals surface area contributed by atoms with Crippen molar-refractivity contribution in [2.45, 2.75) is 71.8 Å². The van der Waals surface area contributed by atoms with E-state index in [2.05, 4.69) is 43.0 Å². The van der Waals surface area contributed by atoms with Crippen LogP contribution in [-0.4, -0.2) is 65.8 Å². The van der Waals surface area contributed by atoms with E-state index in [0.29, 0.717) is 19.4 Å². The Morgan fingerprint density at radius 1 is 0.833 bits per heavy atom. The first-order chi connectivity index (χ1) is 14.6. The highest BCUT2D eigenvalue weighted by molar-refractivity contribution is 5.79. The molecule has 1 aromatic carbocycles. The molecule has 2 amide bonds. The van der Waals surface area contributed by atoms with Crippen molar-refractivity contribution in [3.8, 4) is 0 Å². The van der Waals surface area contributed by atoms with Crippen LogP contribution < -0.4 is 0 Å². The minimum Gasteiger partial charge on any atom is -0.342 e. The van der Waals surface area contributed by atoms with E-state index in [1.807, 2.05) is 15.9 Å². The van der Waals surface area contributed by atoms with Crippen LogP contribution in [0.2, 0.25) is 0 Å². The molecule has 0 unspecified atom stereocenters. The second kappa shape index (κ2) is 14.2. The summed E-state index contributed by atoms with van der Waals surface area (Å²) in [7, 11) is 0. The van der Waals surface area contributed by atoms with Crippen molar-refractivity contribution in [3.05, 3.63) is 35.9 Å². The molecule has 0 N–H and O–H groups in total. The zero-order valence-corrected chi connectivity index (χ0v) is 19.2. The largest absolute Gasteiger partial charge is 0.342 e. The van der Waals surface area contributed by atoms with Crippen LogP contribution in [0.5, 0.6) is 0 Å². The summed E-state index contributed by atoms with van der Waals surface area (Å²) in [4.78, 5) is 31.7. The molecule has 0 atom stereocenters. The fourth-order valence-corrected chi connectivity index (χ4v) is 3.96. The maximum Gasteiger partial charge on any atom is 0.224 e. The average Bonchev–Trinajstić information content (AvgIpc) is 2.77. The van der Waals surface area contributed by atoms with Crippen LogP contribution in [0.25, 0.3) is 0 Å². The molecule has 30 heavy (non-hydrogen) atoms. The monoisotopic (exact) mass is 415 g/mol. The second-order valence-corrected chi connectivity index (χ2v) is 8.44. The summed E-state index contributed by atoms with van der Waals surface area (Å²) < 4.78 is 0. The number of hydrogen-bond donors (Lipinski definition) is 0. The van der Waals surface area contributed by atoms with E-state index in [1.165, 1.54) is 18.4 Å². The van der Waals surface area contributed by atoms with Gasteiger partial charge < -0.3 is 9.80 Å². The van der Waals surface area contributed by atoms with Gasteiger partial charge in [0.15, 0.2) is 0 Å². The summed E-state index contributed by atoms with van der Waals surface area (Å²) in [5.74, 6) is 0.412. The number of benzene rings is 1. The van der Waals surface area contributed by atoms with Gasteiger partial charge in [-0.2, -0.15) is 0 Å². The van der Waals surface area contributed by atoms with Crippen molar-refractivity contribution < 1.29 is 9.59 Å². The van der Waals surface area contributed by atoms with Crippen LogP contribution in [0.3, 0.4) is 0 Å². The van der Waals surface area contributed by atoms with Crippen LogP contribution in [0.1, 0.15) is 70.8 Å². The maximum atomic E-state index is 12.7. The van der Waals surface area contributed by atoms with Crippen LogP contribution >= 0.6 is 0 Å². The Kier molecular flexibility index (Phi) is 11.5. The topological polar surface area (TPSA) is 43.9 Å². The van der Waals surface area contributed by atoms with Crippen molar-refractivity contribution in [2.24, 2.45) is 0 Å². The number of unbranched alkanes of at least 4 members (excludes halogenated alkanes) is 4. The highest BCUT2D eigenvalue weighted by Gasteiger charge is 2.22. The van der Waals surface area contributed by atoms with E-state index >= 15 is 0 Å². The van der Waals surface area contributed by atoms with Gasteiger partial charge in [0.1, 0.15) is 0 Å². The van der Waals surface area contributed by atoms with Gasteiger partial charge in [-0.15, -0.1) is 0 Å². The Hall–Kier alpha value is -1.88. The molecule has 5 heteroatoms. The van der Waals surface area contributed by atoms with Crippen LogP contribution in [0.15, 0.2) is 30.3 Å². The molecule has 0 saturated carbocycles. The van der Waals surface area contributed by atoms with Gasteiger partial charge in [-0.05, 0) is 18.4 Å². The van der Waals surface area contributed by atoms with Crippen molar-refractivity contribution >= 4 is 11.8 Å². The standard InChI is InChI=1S/C25H41N3O2/c1-3-5-7-11-14-24(29)27(16-6-4-2)17-15-25(30)28-20-18-26(19-21-28)22-23-12-9-8-10-13-23/h8-10,12-13H,3-7,11,14-22H2,1-2H3.